The summed E-state index contributed by atoms with van der Waals surface area (Å²) in [6, 6.07) is 1.17. The van der Waals surface area contributed by atoms with Crippen molar-refractivity contribution in [3.63, 3.8) is 0 Å². The van der Waals surface area contributed by atoms with Crippen molar-refractivity contribution in [2.24, 2.45) is 7.05 Å². The fourth-order valence-electron chi connectivity index (χ4n) is 3.10. The molecule has 0 fully saturated rings. The van der Waals surface area contributed by atoms with Crippen molar-refractivity contribution < 1.29 is 17.6 Å². The summed E-state index contributed by atoms with van der Waals surface area (Å²) in [7, 11) is 1.20. The normalized spacial score (nSPS) is 17.5. The lowest BCUT2D eigenvalue weighted by Gasteiger charge is -2.31. The van der Waals surface area contributed by atoms with Gasteiger partial charge in [0.15, 0.2) is 0 Å². The number of furan rings is 1. The number of carbonyl (C=O) groups is 1. The molecule has 0 spiro atoms. The van der Waals surface area contributed by atoms with E-state index in [1.165, 1.54) is 19.4 Å². The van der Waals surface area contributed by atoms with E-state index >= 15 is 0 Å². The lowest BCUT2D eigenvalue weighted by Crippen LogP contribution is -2.33. The zero-order chi connectivity index (χ0) is 17.5. The van der Waals surface area contributed by atoms with Gasteiger partial charge < -0.3 is 9.32 Å². The third kappa shape index (κ3) is 2.73. The van der Waals surface area contributed by atoms with E-state index in [2.05, 4.69) is 9.82 Å². The van der Waals surface area contributed by atoms with Crippen LogP contribution in [0.25, 0.3) is 0 Å². The van der Waals surface area contributed by atoms with E-state index in [-0.39, 0.29) is 22.6 Å². The molecule has 8 nitrogen and oxygen atoms in total. The molecule has 0 saturated carbocycles. The number of aromatic nitrogens is 2. The maximum atomic E-state index is 12.7. The first-order chi connectivity index (χ1) is 11.3. The summed E-state index contributed by atoms with van der Waals surface area (Å²) in [4.78, 5) is 14.3. The quantitative estimate of drug-likeness (QED) is 0.888. The van der Waals surface area contributed by atoms with Crippen molar-refractivity contribution in [1.82, 2.24) is 19.4 Å². The molecule has 24 heavy (non-hydrogen) atoms. The molecule has 130 valence electrons. The molecule has 1 aliphatic carbocycles. The molecular formula is C15H20N4O4S. The molecule has 2 heterocycles. The van der Waals surface area contributed by atoms with Gasteiger partial charge in [-0.1, -0.05) is 0 Å². The highest BCUT2D eigenvalue weighted by molar-refractivity contribution is 7.89. The Hall–Kier alpha value is -2.13. The average molecular weight is 352 g/mol. The van der Waals surface area contributed by atoms with Crippen molar-refractivity contribution in [3.05, 3.63) is 35.3 Å². The van der Waals surface area contributed by atoms with Gasteiger partial charge in [-0.15, -0.1) is 0 Å². The van der Waals surface area contributed by atoms with Crippen LogP contribution < -0.4 is 4.72 Å². The van der Waals surface area contributed by atoms with Crippen LogP contribution in [0.5, 0.6) is 0 Å². The second-order valence-corrected chi connectivity index (χ2v) is 7.67. The van der Waals surface area contributed by atoms with E-state index < -0.39 is 10.0 Å². The molecular weight excluding hydrogens is 332 g/mol. The van der Waals surface area contributed by atoms with Crippen LogP contribution in [0.2, 0.25) is 0 Å². The van der Waals surface area contributed by atoms with Crippen molar-refractivity contribution in [2.75, 3.05) is 14.1 Å². The van der Waals surface area contributed by atoms with E-state index in [0.717, 1.165) is 30.5 Å². The first-order valence-electron chi connectivity index (χ1n) is 7.65. The number of hydrogen-bond donors (Lipinski definition) is 1. The number of rotatable bonds is 4. The Morgan fingerprint density at radius 3 is 2.96 bits per heavy atom. The van der Waals surface area contributed by atoms with Gasteiger partial charge in [-0.05, 0) is 26.3 Å². The average Bonchev–Trinajstić information content (AvgIpc) is 3.21. The highest BCUT2D eigenvalue weighted by atomic mass is 32.2. The van der Waals surface area contributed by atoms with Crippen molar-refractivity contribution >= 4 is 15.9 Å². The van der Waals surface area contributed by atoms with Gasteiger partial charge in [-0.25, -0.2) is 13.1 Å². The number of aryl methyl sites for hydroxylation is 1. The second kappa shape index (κ2) is 6.06. The molecule has 3 rings (SSSR count). The number of carbonyl (C=O) groups excluding carboxylic acids is 1. The van der Waals surface area contributed by atoms with Crippen LogP contribution in [0, 0.1) is 0 Å². The van der Waals surface area contributed by atoms with Gasteiger partial charge in [0.05, 0.1) is 17.8 Å². The number of hydrogen-bond acceptors (Lipinski definition) is 5. The zero-order valence-electron chi connectivity index (χ0n) is 13.8. The Balaban J connectivity index is 1.86. The molecule has 9 heteroatoms. The second-order valence-electron chi connectivity index (χ2n) is 5.86. The van der Waals surface area contributed by atoms with Gasteiger partial charge in [0, 0.05) is 31.4 Å². The molecule has 1 unspecified atom stereocenters. The molecule has 2 aromatic heterocycles. The van der Waals surface area contributed by atoms with Crippen LogP contribution in [0.1, 0.15) is 40.5 Å². The fraction of sp³-hybridized carbons (Fsp3) is 0.467. The minimum Gasteiger partial charge on any atom is -0.451 e. The molecule has 0 aromatic carbocycles. The summed E-state index contributed by atoms with van der Waals surface area (Å²) in [6.45, 7) is 0. The zero-order valence-corrected chi connectivity index (χ0v) is 14.6. The van der Waals surface area contributed by atoms with Crippen LogP contribution in [0.4, 0.5) is 0 Å². The summed E-state index contributed by atoms with van der Waals surface area (Å²) >= 11 is 0. The summed E-state index contributed by atoms with van der Waals surface area (Å²) in [5, 5.41) is 4.01. The number of amides is 1. The third-order valence-corrected chi connectivity index (χ3v) is 5.77. The summed E-state index contributed by atoms with van der Waals surface area (Å²) in [5.41, 5.74) is 2.39. The third-order valence-electron chi connectivity index (χ3n) is 4.49. The maximum Gasteiger partial charge on any atom is 0.273 e. The first kappa shape index (κ1) is 16.7. The van der Waals surface area contributed by atoms with Gasteiger partial charge in [-0.2, -0.15) is 5.10 Å². The minimum absolute atomic E-state index is 0.0748. The van der Waals surface area contributed by atoms with Crippen LogP contribution >= 0.6 is 0 Å². The van der Waals surface area contributed by atoms with E-state index in [9.17, 15) is 13.2 Å². The van der Waals surface area contributed by atoms with Gasteiger partial charge in [0.1, 0.15) is 6.26 Å². The smallest absolute Gasteiger partial charge is 0.273 e. The van der Waals surface area contributed by atoms with Crippen LogP contribution in [0.15, 0.2) is 28.0 Å². The summed E-state index contributed by atoms with van der Waals surface area (Å²) < 4.78 is 32.5. The van der Waals surface area contributed by atoms with E-state index in [4.69, 9.17) is 4.42 Å². The highest BCUT2D eigenvalue weighted by Crippen LogP contribution is 2.34. The maximum absolute atomic E-state index is 12.7. The highest BCUT2D eigenvalue weighted by Gasteiger charge is 2.30. The van der Waals surface area contributed by atoms with Gasteiger partial charge >= 0.3 is 0 Å². The van der Waals surface area contributed by atoms with Gasteiger partial charge in [0.25, 0.3) is 15.9 Å². The standard InChI is InChI=1S/C15H20N4O4S/c1-16-24(21,22)14-7-10(9-23-14)15(20)18(2)12-5-4-6-13-11(12)8-17-19(13)3/h7-9,12,16H,4-6H2,1-3H3. The Morgan fingerprint density at radius 1 is 1.50 bits per heavy atom. The predicted octanol–water partition coefficient (Wildman–Crippen LogP) is 1.07. The molecule has 1 N–H and O–H groups in total. The minimum atomic E-state index is -3.71. The molecule has 2 aromatic rings. The van der Waals surface area contributed by atoms with Gasteiger partial charge in [-0.3, -0.25) is 9.48 Å². The topological polar surface area (TPSA) is 97.4 Å². The predicted molar refractivity (Wildman–Crippen MR) is 85.9 cm³/mol. The molecule has 1 amide bonds. The molecule has 0 aliphatic heterocycles. The summed E-state index contributed by atoms with van der Waals surface area (Å²) in [5.74, 6) is -0.280. The molecule has 0 radical (unpaired) electrons. The number of fused-ring (bicyclic) bond motifs is 1. The lowest BCUT2D eigenvalue weighted by molar-refractivity contribution is 0.0714. The van der Waals surface area contributed by atoms with Gasteiger partial charge in [0.2, 0.25) is 5.09 Å². The molecule has 1 aliphatic rings. The Kier molecular flexibility index (Phi) is 4.22. The monoisotopic (exact) mass is 352 g/mol. The molecule has 0 bridgehead atoms. The van der Waals surface area contributed by atoms with E-state index in [0.29, 0.717) is 0 Å². The Bertz CT molecular complexity index is 868. The first-order valence-corrected chi connectivity index (χ1v) is 9.13. The fourth-order valence-corrected chi connectivity index (χ4v) is 3.76. The lowest BCUT2D eigenvalue weighted by atomic mass is 9.92. The summed E-state index contributed by atoms with van der Waals surface area (Å²) in [6.07, 6.45) is 5.74. The van der Waals surface area contributed by atoms with Crippen molar-refractivity contribution in [1.29, 1.82) is 0 Å². The Labute approximate surface area is 140 Å². The molecule has 0 saturated heterocycles. The number of nitrogens with one attached hydrogen (secondary N) is 1. The van der Waals surface area contributed by atoms with E-state index in [1.54, 1.807) is 18.1 Å². The number of nitrogens with zero attached hydrogens (tertiary/aromatic N) is 3. The molecule has 1 atom stereocenters. The van der Waals surface area contributed by atoms with E-state index in [1.807, 2.05) is 11.7 Å². The Morgan fingerprint density at radius 2 is 2.25 bits per heavy atom. The van der Waals surface area contributed by atoms with Crippen LogP contribution in [-0.2, 0) is 23.5 Å². The SMILES string of the molecule is CNS(=O)(=O)c1cc(C(=O)N(C)C2CCCc3c2cnn3C)co1. The van der Waals surface area contributed by atoms with Crippen LogP contribution in [0.3, 0.4) is 0 Å². The number of sulfonamides is 1. The van der Waals surface area contributed by atoms with Crippen molar-refractivity contribution in [2.45, 2.75) is 30.4 Å². The van der Waals surface area contributed by atoms with Crippen LogP contribution in [-0.4, -0.2) is 43.1 Å². The van der Waals surface area contributed by atoms with Crippen molar-refractivity contribution in [3.8, 4) is 0 Å². The largest absolute Gasteiger partial charge is 0.451 e.